The van der Waals surface area contributed by atoms with Crippen LogP contribution in [0.1, 0.15) is 13.8 Å². The number of hydrogen-bond acceptors (Lipinski definition) is 1. The molecule has 0 amide bonds. The van der Waals surface area contributed by atoms with Gasteiger partial charge in [-0.2, -0.15) is 0 Å². The summed E-state index contributed by atoms with van der Waals surface area (Å²) in [6.45, 7) is 4.43. The highest BCUT2D eigenvalue weighted by Crippen LogP contribution is 2.44. The first-order valence-corrected chi connectivity index (χ1v) is 14.6. The molecular formula is C30H33NP2. The summed E-state index contributed by atoms with van der Waals surface area (Å²) in [5, 5.41) is 5.71. The lowest BCUT2D eigenvalue weighted by molar-refractivity contribution is 0.383. The van der Waals surface area contributed by atoms with Crippen LogP contribution in [-0.2, 0) is 0 Å². The number of rotatable bonds is 9. The van der Waals surface area contributed by atoms with Crippen LogP contribution in [0.4, 0.5) is 0 Å². The fourth-order valence-corrected chi connectivity index (χ4v) is 9.97. The van der Waals surface area contributed by atoms with Crippen molar-refractivity contribution in [2.45, 2.75) is 19.4 Å². The van der Waals surface area contributed by atoms with Crippen molar-refractivity contribution in [1.82, 2.24) is 0 Å². The first kappa shape index (κ1) is 23.8. The minimum Gasteiger partial charge on any atom is -0.325 e. The van der Waals surface area contributed by atoms with E-state index in [4.69, 9.17) is 5.73 Å². The fourth-order valence-electron chi connectivity index (χ4n) is 4.12. The summed E-state index contributed by atoms with van der Waals surface area (Å²) in [7, 11) is -0.985. The molecule has 4 aromatic carbocycles. The average molecular weight is 470 g/mol. The van der Waals surface area contributed by atoms with E-state index in [9.17, 15) is 0 Å². The summed E-state index contributed by atoms with van der Waals surface area (Å²) in [4.78, 5) is 0. The molecule has 4 aromatic rings. The molecule has 3 heteroatoms. The summed E-state index contributed by atoms with van der Waals surface area (Å²) >= 11 is 0. The zero-order chi connectivity index (χ0) is 23.1. The van der Waals surface area contributed by atoms with Crippen LogP contribution in [-0.4, -0.2) is 17.9 Å². The van der Waals surface area contributed by atoms with Crippen molar-refractivity contribution >= 4 is 37.1 Å². The van der Waals surface area contributed by atoms with Gasteiger partial charge in [-0.25, -0.2) is 0 Å². The monoisotopic (exact) mass is 469 g/mol. The third-order valence-electron chi connectivity index (χ3n) is 6.13. The Morgan fingerprint density at radius 3 is 0.970 bits per heavy atom. The van der Waals surface area contributed by atoms with E-state index in [0.29, 0.717) is 5.92 Å². The quantitative estimate of drug-likeness (QED) is 0.317. The summed E-state index contributed by atoms with van der Waals surface area (Å²) in [6, 6.07) is 44.0. The van der Waals surface area contributed by atoms with E-state index >= 15 is 0 Å². The molecule has 0 aromatic heterocycles. The lowest BCUT2D eigenvalue weighted by Crippen LogP contribution is -2.45. The molecule has 0 aliphatic carbocycles. The largest absolute Gasteiger partial charge is 0.325 e. The summed E-state index contributed by atoms with van der Waals surface area (Å²) in [5.74, 6) is 0.385. The molecule has 4 rings (SSSR count). The van der Waals surface area contributed by atoms with Crippen LogP contribution in [0.25, 0.3) is 0 Å². The highest BCUT2D eigenvalue weighted by atomic mass is 31.1. The van der Waals surface area contributed by atoms with Gasteiger partial charge >= 0.3 is 0 Å². The number of benzene rings is 4. The Morgan fingerprint density at radius 1 is 0.515 bits per heavy atom. The molecular weight excluding hydrogens is 436 g/mol. The van der Waals surface area contributed by atoms with Crippen molar-refractivity contribution in [3.63, 3.8) is 0 Å². The number of hydrogen-bond donors (Lipinski definition) is 1. The van der Waals surface area contributed by atoms with Crippen LogP contribution in [0, 0.1) is 5.92 Å². The van der Waals surface area contributed by atoms with Gasteiger partial charge in [0.1, 0.15) is 0 Å². The van der Waals surface area contributed by atoms with Gasteiger partial charge in [0.2, 0.25) is 0 Å². The van der Waals surface area contributed by atoms with E-state index in [1.165, 1.54) is 21.2 Å². The first-order valence-electron chi connectivity index (χ1n) is 11.6. The molecule has 0 spiro atoms. The standard InChI is InChI=1S/C30H33NP2/c1-30(2,31)25(23-32(26-15-7-3-8-16-26)27-17-9-4-10-18-27)24-33(28-19-11-5-12-20-28)29-21-13-6-14-22-29/h3-22,25H,23-24,31H2,1-2H3. The van der Waals surface area contributed by atoms with Crippen molar-refractivity contribution in [2.24, 2.45) is 11.7 Å². The lowest BCUT2D eigenvalue weighted by Gasteiger charge is -2.37. The third kappa shape index (κ3) is 6.39. The molecule has 33 heavy (non-hydrogen) atoms. The fraction of sp³-hybridized carbons (Fsp3) is 0.200. The van der Waals surface area contributed by atoms with Gasteiger partial charge in [0, 0.05) is 5.54 Å². The second-order valence-electron chi connectivity index (χ2n) is 9.08. The molecule has 0 unspecified atom stereocenters. The first-order chi connectivity index (χ1) is 16.0. The Morgan fingerprint density at radius 2 is 0.758 bits per heavy atom. The van der Waals surface area contributed by atoms with Crippen molar-refractivity contribution < 1.29 is 0 Å². The van der Waals surface area contributed by atoms with Gasteiger partial charge in [-0.1, -0.05) is 121 Å². The second-order valence-corrected chi connectivity index (χ2v) is 13.6. The maximum absolute atomic E-state index is 6.91. The zero-order valence-electron chi connectivity index (χ0n) is 19.5. The van der Waals surface area contributed by atoms with Crippen LogP contribution in [0.2, 0.25) is 0 Å². The van der Waals surface area contributed by atoms with Gasteiger partial charge in [-0.15, -0.1) is 0 Å². The normalized spacial score (nSPS) is 11.9. The van der Waals surface area contributed by atoms with Crippen LogP contribution in [0.5, 0.6) is 0 Å². The Labute approximate surface area is 201 Å². The van der Waals surface area contributed by atoms with Gasteiger partial charge in [-0.3, -0.25) is 0 Å². The molecule has 168 valence electrons. The SMILES string of the molecule is CC(C)(N)C(CP(c1ccccc1)c1ccccc1)CP(c1ccccc1)c1ccccc1. The molecule has 0 aliphatic heterocycles. The minimum absolute atomic E-state index is 0.270. The Kier molecular flexibility index (Phi) is 8.11. The maximum atomic E-state index is 6.91. The average Bonchev–Trinajstić information content (AvgIpc) is 2.85. The molecule has 0 fully saturated rings. The molecule has 2 N–H and O–H groups in total. The predicted molar refractivity (Wildman–Crippen MR) is 150 cm³/mol. The van der Waals surface area contributed by atoms with Crippen molar-refractivity contribution in [1.29, 1.82) is 0 Å². The predicted octanol–water partition coefficient (Wildman–Crippen LogP) is 5.61. The Bertz CT molecular complexity index is 930. The van der Waals surface area contributed by atoms with Crippen molar-refractivity contribution in [3.05, 3.63) is 121 Å². The number of nitrogens with two attached hydrogens (primary N) is 1. The molecule has 0 saturated carbocycles. The maximum Gasteiger partial charge on any atom is 0.0133 e. The van der Waals surface area contributed by atoms with E-state index in [2.05, 4.69) is 135 Å². The molecule has 0 saturated heterocycles. The lowest BCUT2D eigenvalue weighted by atomic mass is 9.92. The van der Waals surface area contributed by atoms with Gasteiger partial charge < -0.3 is 5.73 Å². The third-order valence-corrected chi connectivity index (χ3v) is 11.4. The molecule has 0 radical (unpaired) electrons. The Hall–Kier alpha value is -2.30. The topological polar surface area (TPSA) is 26.0 Å². The minimum atomic E-state index is -0.493. The Balaban J connectivity index is 1.71. The van der Waals surface area contributed by atoms with E-state index < -0.39 is 15.8 Å². The highest BCUT2D eigenvalue weighted by Gasteiger charge is 2.32. The van der Waals surface area contributed by atoms with E-state index in [1.54, 1.807) is 0 Å². The van der Waals surface area contributed by atoms with Crippen molar-refractivity contribution in [3.8, 4) is 0 Å². The van der Waals surface area contributed by atoms with Crippen molar-refractivity contribution in [2.75, 3.05) is 12.3 Å². The van der Waals surface area contributed by atoms with E-state index in [-0.39, 0.29) is 5.54 Å². The smallest absolute Gasteiger partial charge is 0.0133 e. The molecule has 0 heterocycles. The summed E-state index contributed by atoms with van der Waals surface area (Å²) in [6.07, 6.45) is 2.18. The molecule has 0 aliphatic rings. The zero-order valence-corrected chi connectivity index (χ0v) is 21.3. The van der Waals surface area contributed by atoms with Gasteiger partial charge in [0.25, 0.3) is 0 Å². The van der Waals surface area contributed by atoms with Gasteiger partial charge in [0.15, 0.2) is 0 Å². The van der Waals surface area contributed by atoms with Crippen LogP contribution in [0.15, 0.2) is 121 Å². The van der Waals surface area contributed by atoms with Gasteiger partial charge in [-0.05, 0) is 69.2 Å². The van der Waals surface area contributed by atoms with Crippen LogP contribution >= 0.6 is 15.8 Å². The summed E-state index contributed by atoms with van der Waals surface area (Å²) < 4.78 is 0. The van der Waals surface area contributed by atoms with Gasteiger partial charge in [0.05, 0.1) is 0 Å². The van der Waals surface area contributed by atoms with E-state index in [0.717, 1.165) is 12.3 Å². The van der Waals surface area contributed by atoms with Crippen LogP contribution in [0.3, 0.4) is 0 Å². The molecule has 0 atom stereocenters. The van der Waals surface area contributed by atoms with E-state index in [1.807, 2.05) is 0 Å². The molecule has 0 bridgehead atoms. The summed E-state index contributed by atoms with van der Waals surface area (Å²) in [5.41, 5.74) is 6.64. The van der Waals surface area contributed by atoms with Crippen LogP contribution < -0.4 is 27.0 Å². The highest BCUT2D eigenvalue weighted by molar-refractivity contribution is 7.74. The second kappa shape index (κ2) is 11.2. The molecule has 1 nitrogen and oxygen atoms in total.